The molecule has 5 heterocycles. The second kappa shape index (κ2) is 13.1. The number of nitrogens with zero attached hydrogens (tertiary/aromatic N) is 8. The van der Waals surface area contributed by atoms with Crippen molar-refractivity contribution in [3.05, 3.63) is 101 Å². The number of pyridine rings is 1. The standard InChI is InChI=1S/C35H38N8O3Si/c1-47(2,3)21-20-46-25-43-35(44)42(24-37-43)30-14-9-27(10-15-30)32-22-36-33(40-16-18-45-19-17-40)34-39-29(23-41(32)34)13-12-28-11-8-26-6-4-5-7-31(26)38-28/h4-15,22-24H,16-21,25H2,1-3H3/b13-12+. The van der Waals surface area contributed by atoms with Gasteiger partial charge in [0.25, 0.3) is 0 Å². The van der Waals surface area contributed by atoms with Crippen molar-refractivity contribution in [1.29, 1.82) is 0 Å². The number of hydrogen-bond acceptors (Lipinski definition) is 8. The summed E-state index contributed by atoms with van der Waals surface area (Å²) in [6.07, 6.45) is 9.42. The van der Waals surface area contributed by atoms with Crippen molar-refractivity contribution in [3.8, 4) is 16.9 Å². The Hall–Kier alpha value is -4.91. The molecule has 11 nitrogen and oxygen atoms in total. The number of para-hydroxylation sites is 1. The van der Waals surface area contributed by atoms with Gasteiger partial charge < -0.3 is 14.4 Å². The molecule has 0 aliphatic carbocycles. The van der Waals surface area contributed by atoms with E-state index in [0.717, 1.165) is 69.8 Å². The molecule has 12 heteroatoms. The fourth-order valence-corrected chi connectivity index (χ4v) is 6.30. The molecule has 0 N–H and O–H groups in total. The summed E-state index contributed by atoms with van der Waals surface area (Å²) in [5.41, 5.74) is 5.69. The molecular formula is C35H38N8O3Si. The number of imidazole rings is 1. The van der Waals surface area contributed by atoms with Gasteiger partial charge in [0.1, 0.15) is 13.1 Å². The van der Waals surface area contributed by atoms with Crippen LogP contribution in [-0.4, -0.2) is 74.7 Å². The van der Waals surface area contributed by atoms with Gasteiger partial charge in [0.15, 0.2) is 11.5 Å². The van der Waals surface area contributed by atoms with Crippen LogP contribution < -0.4 is 10.6 Å². The normalized spacial score (nSPS) is 14.1. The van der Waals surface area contributed by atoms with Gasteiger partial charge in [0.2, 0.25) is 0 Å². The number of ether oxygens (including phenoxy) is 2. The largest absolute Gasteiger partial charge is 0.378 e. The van der Waals surface area contributed by atoms with Crippen LogP contribution in [0.5, 0.6) is 0 Å². The van der Waals surface area contributed by atoms with Gasteiger partial charge in [-0.3, -0.25) is 4.40 Å². The molecule has 7 rings (SSSR count). The zero-order valence-electron chi connectivity index (χ0n) is 26.9. The minimum atomic E-state index is -1.21. The van der Waals surface area contributed by atoms with Gasteiger partial charge in [-0.05, 0) is 42.5 Å². The average molecular weight is 647 g/mol. The molecule has 4 aromatic heterocycles. The Morgan fingerprint density at radius 3 is 2.53 bits per heavy atom. The first-order valence-corrected chi connectivity index (χ1v) is 19.6. The summed E-state index contributed by atoms with van der Waals surface area (Å²) in [5.74, 6) is 0.822. The number of anilines is 1. The van der Waals surface area contributed by atoms with Crippen LogP contribution in [0.4, 0.5) is 5.82 Å². The molecule has 1 saturated heterocycles. The third-order valence-electron chi connectivity index (χ3n) is 8.23. The van der Waals surface area contributed by atoms with E-state index < -0.39 is 8.07 Å². The Morgan fingerprint density at radius 1 is 0.936 bits per heavy atom. The maximum atomic E-state index is 13.1. The summed E-state index contributed by atoms with van der Waals surface area (Å²) in [6, 6.07) is 21.0. The van der Waals surface area contributed by atoms with Crippen molar-refractivity contribution < 1.29 is 9.47 Å². The minimum Gasteiger partial charge on any atom is -0.378 e. The third-order valence-corrected chi connectivity index (χ3v) is 9.94. The first-order chi connectivity index (χ1) is 22.8. The van der Waals surface area contributed by atoms with Crippen LogP contribution in [0.15, 0.2) is 84.2 Å². The lowest BCUT2D eigenvalue weighted by Crippen LogP contribution is -2.37. The number of hydrogen-bond donors (Lipinski definition) is 0. The number of aromatic nitrogens is 7. The number of fused-ring (bicyclic) bond motifs is 2. The van der Waals surface area contributed by atoms with E-state index in [-0.39, 0.29) is 12.4 Å². The second-order valence-electron chi connectivity index (χ2n) is 12.9. The molecule has 0 amide bonds. The monoisotopic (exact) mass is 646 g/mol. The van der Waals surface area contributed by atoms with E-state index in [4.69, 9.17) is 24.4 Å². The van der Waals surface area contributed by atoms with Gasteiger partial charge in [0.05, 0.1) is 47.7 Å². The lowest BCUT2D eigenvalue weighted by atomic mass is 10.1. The Balaban J connectivity index is 1.17. The lowest BCUT2D eigenvalue weighted by molar-refractivity contribution is 0.0757. The average Bonchev–Trinajstić information content (AvgIpc) is 3.68. The van der Waals surface area contributed by atoms with Gasteiger partial charge in [-0.1, -0.05) is 56.0 Å². The molecule has 47 heavy (non-hydrogen) atoms. The van der Waals surface area contributed by atoms with Gasteiger partial charge in [-0.15, -0.1) is 0 Å². The van der Waals surface area contributed by atoms with Crippen molar-refractivity contribution >= 4 is 42.6 Å². The first kappa shape index (κ1) is 30.7. The number of benzene rings is 2. The topological polar surface area (TPSA) is 105 Å². The summed E-state index contributed by atoms with van der Waals surface area (Å²) < 4.78 is 16.3. The van der Waals surface area contributed by atoms with Crippen molar-refractivity contribution in [2.75, 3.05) is 37.8 Å². The summed E-state index contributed by atoms with van der Waals surface area (Å²) in [4.78, 5) is 30.0. The molecule has 0 bridgehead atoms. The first-order valence-electron chi connectivity index (χ1n) is 15.9. The highest BCUT2D eigenvalue weighted by atomic mass is 28.3. The van der Waals surface area contributed by atoms with Crippen LogP contribution in [0.2, 0.25) is 25.7 Å². The van der Waals surface area contributed by atoms with E-state index in [1.54, 1.807) is 0 Å². The predicted molar refractivity (Wildman–Crippen MR) is 188 cm³/mol. The highest BCUT2D eigenvalue weighted by Crippen LogP contribution is 2.28. The van der Waals surface area contributed by atoms with Crippen LogP contribution >= 0.6 is 0 Å². The molecule has 6 aromatic rings. The van der Waals surface area contributed by atoms with Gasteiger partial charge >= 0.3 is 5.69 Å². The van der Waals surface area contributed by atoms with Crippen molar-refractivity contribution in [2.45, 2.75) is 32.4 Å². The lowest BCUT2D eigenvalue weighted by Gasteiger charge is -2.28. The van der Waals surface area contributed by atoms with Crippen LogP contribution in [-0.2, 0) is 16.2 Å². The fraction of sp³-hybridized carbons (Fsp3) is 0.286. The van der Waals surface area contributed by atoms with Crippen molar-refractivity contribution in [2.24, 2.45) is 0 Å². The molecule has 1 aliphatic heterocycles. The van der Waals surface area contributed by atoms with E-state index in [2.05, 4.69) is 46.2 Å². The van der Waals surface area contributed by atoms with Gasteiger partial charge in [0, 0.05) is 44.9 Å². The molecule has 0 atom stereocenters. The Bertz CT molecular complexity index is 2100. The fourth-order valence-electron chi connectivity index (χ4n) is 5.54. The van der Waals surface area contributed by atoms with Crippen molar-refractivity contribution in [1.82, 2.24) is 33.7 Å². The van der Waals surface area contributed by atoms with E-state index >= 15 is 0 Å². The zero-order chi connectivity index (χ0) is 32.4. The molecule has 2 aromatic carbocycles. The number of rotatable bonds is 10. The minimum absolute atomic E-state index is 0.141. The van der Waals surface area contributed by atoms with Crippen molar-refractivity contribution in [3.63, 3.8) is 0 Å². The quantitative estimate of drug-likeness (QED) is 0.140. The van der Waals surface area contributed by atoms with Crippen LogP contribution in [0.3, 0.4) is 0 Å². The van der Waals surface area contributed by atoms with E-state index in [1.807, 2.05) is 73.1 Å². The Morgan fingerprint density at radius 2 is 1.72 bits per heavy atom. The molecule has 240 valence electrons. The van der Waals surface area contributed by atoms with Crippen LogP contribution in [0.1, 0.15) is 11.4 Å². The van der Waals surface area contributed by atoms with Gasteiger partial charge in [-0.25, -0.2) is 24.3 Å². The predicted octanol–water partition coefficient (Wildman–Crippen LogP) is 5.61. The molecule has 0 saturated carbocycles. The molecule has 1 fully saturated rings. The summed E-state index contributed by atoms with van der Waals surface area (Å²) in [7, 11) is -1.21. The summed E-state index contributed by atoms with van der Waals surface area (Å²) in [6.45, 7) is 10.5. The molecule has 0 spiro atoms. The second-order valence-corrected chi connectivity index (χ2v) is 18.5. The maximum absolute atomic E-state index is 13.1. The molecular weight excluding hydrogens is 609 g/mol. The molecule has 0 unspecified atom stereocenters. The summed E-state index contributed by atoms with van der Waals surface area (Å²) >= 11 is 0. The highest BCUT2D eigenvalue weighted by molar-refractivity contribution is 6.76. The van der Waals surface area contributed by atoms with Gasteiger partial charge in [-0.2, -0.15) is 9.78 Å². The van der Waals surface area contributed by atoms with Crippen LogP contribution in [0.25, 0.3) is 45.6 Å². The molecule has 0 radical (unpaired) electrons. The third kappa shape index (κ3) is 6.80. The van der Waals surface area contributed by atoms with Crippen LogP contribution in [0, 0.1) is 0 Å². The number of morpholine rings is 1. The smallest absolute Gasteiger partial charge is 0.352 e. The van der Waals surface area contributed by atoms with E-state index in [0.29, 0.717) is 19.8 Å². The zero-order valence-corrected chi connectivity index (χ0v) is 27.9. The summed E-state index contributed by atoms with van der Waals surface area (Å²) in [5, 5.41) is 5.37. The Kier molecular flexibility index (Phi) is 8.54. The SMILES string of the molecule is C[Si](C)(C)CCOCn1ncn(-c2ccc(-c3cnc(N4CCOCC4)c4nc(/C=C/c5ccc6ccccc6n5)cn34)cc2)c1=O. The van der Waals surface area contributed by atoms with E-state index in [9.17, 15) is 4.79 Å². The maximum Gasteiger partial charge on any atom is 0.352 e. The van der Waals surface area contributed by atoms with E-state index in [1.165, 1.54) is 15.6 Å². The Labute approximate surface area is 273 Å². The molecule has 1 aliphatic rings. The highest BCUT2D eigenvalue weighted by Gasteiger charge is 2.20.